The molecular formula is C34H28N4O2. The van der Waals surface area contributed by atoms with Crippen LogP contribution in [0.5, 0.6) is 5.75 Å². The summed E-state index contributed by atoms with van der Waals surface area (Å²) in [5, 5.41) is 11.2. The van der Waals surface area contributed by atoms with Crippen LogP contribution in [0.4, 0.5) is 5.69 Å². The highest BCUT2D eigenvalue weighted by atomic mass is 16.5. The first kappa shape index (κ1) is 25.1. The lowest BCUT2D eigenvalue weighted by Gasteiger charge is -2.10. The third-order valence-corrected chi connectivity index (χ3v) is 6.59. The molecule has 40 heavy (non-hydrogen) atoms. The van der Waals surface area contributed by atoms with Gasteiger partial charge < -0.3 is 4.74 Å². The van der Waals surface area contributed by atoms with E-state index in [4.69, 9.17) is 14.9 Å². The molecule has 196 valence electrons. The van der Waals surface area contributed by atoms with Crippen molar-refractivity contribution >= 4 is 23.4 Å². The van der Waals surface area contributed by atoms with Crippen LogP contribution in [0.2, 0.25) is 0 Å². The molecule has 5 aromatic rings. The summed E-state index contributed by atoms with van der Waals surface area (Å²) in [6.07, 6.45) is 4.81. The van der Waals surface area contributed by atoms with E-state index in [0.717, 1.165) is 40.2 Å². The van der Waals surface area contributed by atoms with Crippen molar-refractivity contribution in [3.63, 3.8) is 0 Å². The van der Waals surface area contributed by atoms with E-state index in [9.17, 15) is 4.79 Å². The monoisotopic (exact) mass is 524 g/mol. The van der Waals surface area contributed by atoms with Crippen molar-refractivity contribution in [3.8, 4) is 22.7 Å². The molecule has 0 atom stereocenters. The van der Waals surface area contributed by atoms with Crippen LogP contribution in [0.25, 0.3) is 23.0 Å². The number of amides is 1. The smallest absolute Gasteiger partial charge is 0.281 e. The molecule has 6 rings (SSSR count). The summed E-state index contributed by atoms with van der Waals surface area (Å²) in [7, 11) is 0. The number of benzene rings is 4. The zero-order chi connectivity index (χ0) is 27.3. The summed E-state index contributed by atoms with van der Waals surface area (Å²) >= 11 is 0. The molecule has 2 heterocycles. The van der Waals surface area contributed by atoms with Gasteiger partial charge in [-0.05, 0) is 61.0 Å². The summed E-state index contributed by atoms with van der Waals surface area (Å²) in [5.41, 5.74) is 6.14. The largest absolute Gasteiger partial charge is 0.494 e. The van der Waals surface area contributed by atoms with Gasteiger partial charge in [-0.2, -0.15) is 15.2 Å². The van der Waals surface area contributed by atoms with Gasteiger partial charge in [0.15, 0.2) is 0 Å². The lowest BCUT2D eigenvalue weighted by atomic mass is 9.99. The number of carbonyl (C=O) groups excluding carboxylic acids is 1. The molecule has 0 bridgehead atoms. The third kappa shape index (κ3) is 5.07. The van der Waals surface area contributed by atoms with Gasteiger partial charge >= 0.3 is 0 Å². The van der Waals surface area contributed by atoms with Gasteiger partial charge in [0.1, 0.15) is 11.5 Å². The fourth-order valence-electron chi connectivity index (χ4n) is 4.61. The molecule has 1 amide bonds. The zero-order valence-corrected chi connectivity index (χ0v) is 22.1. The fourth-order valence-corrected chi connectivity index (χ4v) is 4.61. The number of anilines is 1. The van der Waals surface area contributed by atoms with Crippen LogP contribution in [0.1, 0.15) is 24.5 Å². The Balaban J connectivity index is 1.48. The van der Waals surface area contributed by atoms with E-state index in [0.29, 0.717) is 23.6 Å². The molecule has 6 heteroatoms. The van der Waals surface area contributed by atoms with Crippen LogP contribution in [-0.4, -0.2) is 28.0 Å². The number of aromatic nitrogens is 2. The molecule has 0 fully saturated rings. The van der Waals surface area contributed by atoms with Crippen LogP contribution in [-0.2, 0) is 4.79 Å². The standard InChI is InChI=1S/C34H28N4O2/c1-2-22-40-30-20-18-26(19-21-30)32-27(24-37(35-32)28-14-8-4-9-15-28)23-31-33(25-12-6-3-7-13-25)36-38(34(31)39)29-16-10-5-11-17-29/h3-21,23-24H,2,22H2,1H3/b31-23-. The predicted molar refractivity (Wildman–Crippen MR) is 160 cm³/mol. The highest BCUT2D eigenvalue weighted by Gasteiger charge is 2.32. The van der Waals surface area contributed by atoms with E-state index in [1.165, 1.54) is 5.01 Å². The second-order valence-corrected chi connectivity index (χ2v) is 9.41. The summed E-state index contributed by atoms with van der Waals surface area (Å²) in [6.45, 7) is 2.75. The number of hydrogen-bond donors (Lipinski definition) is 0. The minimum absolute atomic E-state index is 0.188. The number of hydrogen-bond acceptors (Lipinski definition) is 4. The van der Waals surface area contributed by atoms with E-state index in [2.05, 4.69) is 6.92 Å². The Morgan fingerprint density at radius 2 is 1.38 bits per heavy atom. The van der Waals surface area contributed by atoms with Gasteiger partial charge in [-0.3, -0.25) is 4.79 Å². The molecule has 0 aliphatic carbocycles. The van der Waals surface area contributed by atoms with Gasteiger partial charge in [-0.15, -0.1) is 0 Å². The molecule has 0 saturated carbocycles. The molecule has 6 nitrogen and oxygen atoms in total. The molecule has 1 aliphatic rings. The first-order valence-corrected chi connectivity index (χ1v) is 13.3. The van der Waals surface area contributed by atoms with Gasteiger partial charge in [0.25, 0.3) is 5.91 Å². The lowest BCUT2D eigenvalue weighted by Crippen LogP contribution is -2.21. The fraction of sp³-hybridized carbons (Fsp3) is 0.0882. The highest BCUT2D eigenvalue weighted by molar-refractivity contribution is 6.37. The predicted octanol–water partition coefficient (Wildman–Crippen LogP) is 7.16. The normalized spacial score (nSPS) is 14.0. The van der Waals surface area contributed by atoms with Crippen molar-refractivity contribution in [2.24, 2.45) is 5.10 Å². The van der Waals surface area contributed by atoms with Crippen molar-refractivity contribution in [1.29, 1.82) is 0 Å². The van der Waals surface area contributed by atoms with Crippen molar-refractivity contribution in [1.82, 2.24) is 9.78 Å². The SMILES string of the molecule is CCCOc1ccc(-c2nn(-c3ccccc3)cc2/C=C2\C(=O)N(c3ccccc3)N=C2c2ccccc2)cc1. The second-order valence-electron chi connectivity index (χ2n) is 9.41. The average Bonchev–Trinajstić information content (AvgIpc) is 3.59. The number of carbonyl (C=O) groups is 1. The van der Waals surface area contributed by atoms with Gasteiger partial charge in [0.2, 0.25) is 0 Å². The summed E-state index contributed by atoms with van der Waals surface area (Å²) < 4.78 is 7.63. The number of para-hydroxylation sites is 2. The number of nitrogens with zero attached hydrogens (tertiary/aromatic N) is 4. The number of ether oxygens (including phenoxy) is 1. The summed E-state index contributed by atoms with van der Waals surface area (Å²) in [6, 6.07) is 37.1. The topological polar surface area (TPSA) is 59.7 Å². The molecular weight excluding hydrogens is 496 g/mol. The Morgan fingerprint density at radius 3 is 2.02 bits per heavy atom. The minimum Gasteiger partial charge on any atom is -0.494 e. The Bertz CT molecular complexity index is 1670. The van der Waals surface area contributed by atoms with Crippen molar-refractivity contribution in [3.05, 3.63) is 138 Å². The average molecular weight is 525 g/mol. The van der Waals surface area contributed by atoms with Crippen LogP contribution in [0.3, 0.4) is 0 Å². The van der Waals surface area contributed by atoms with Crippen LogP contribution >= 0.6 is 0 Å². The molecule has 4 aromatic carbocycles. The van der Waals surface area contributed by atoms with Crippen LogP contribution in [0, 0.1) is 0 Å². The van der Waals surface area contributed by atoms with Gasteiger partial charge in [0.05, 0.1) is 29.2 Å². The highest BCUT2D eigenvalue weighted by Crippen LogP contribution is 2.32. The molecule has 0 unspecified atom stereocenters. The van der Waals surface area contributed by atoms with E-state index in [-0.39, 0.29) is 5.91 Å². The molecule has 1 aliphatic heterocycles. The van der Waals surface area contributed by atoms with E-state index < -0.39 is 0 Å². The third-order valence-electron chi connectivity index (χ3n) is 6.59. The molecule has 0 radical (unpaired) electrons. The maximum absolute atomic E-state index is 13.9. The van der Waals surface area contributed by atoms with E-state index >= 15 is 0 Å². The van der Waals surface area contributed by atoms with Crippen molar-refractivity contribution in [2.75, 3.05) is 11.6 Å². The number of hydrazone groups is 1. The maximum atomic E-state index is 13.9. The Morgan fingerprint density at radius 1 is 0.750 bits per heavy atom. The van der Waals surface area contributed by atoms with Gasteiger partial charge in [-0.1, -0.05) is 73.7 Å². The zero-order valence-electron chi connectivity index (χ0n) is 22.1. The Hall–Kier alpha value is -5.23. The van der Waals surface area contributed by atoms with E-state index in [1.807, 2.05) is 132 Å². The second kappa shape index (κ2) is 11.3. The molecule has 1 aromatic heterocycles. The number of rotatable bonds is 8. The summed E-state index contributed by atoms with van der Waals surface area (Å²) in [5.74, 6) is 0.628. The van der Waals surface area contributed by atoms with Crippen molar-refractivity contribution in [2.45, 2.75) is 13.3 Å². The van der Waals surface area contributed by atoms with E-state index in [1.54, 1.807) is 0 Å². The molecule has 0 spiro atoms. The minimum atomic E-state index is -0.188. The maximum Gasteiger partial charge on any atom is 0.281 e. The summed E-state index contributed by atoms with van der Waals surface area (Å²) in [4.78, 5) is 13.9. The first-order chi connectivity index (χ1) is 19.7. The lowest BCUT2D eigenvalue weighted by molar-refractivity contribution is -0.114. The quantitative estimate of drug-likeness (QED) is 0.202. The molecule has 0 saturated heterocycles. The van der Waals surface area contributed by atoms with Gasteiger partial charge in [-0.25, -0.2) is 4.68 Å². The Labute approximate surface area is 233 Å². The van der Waals surface area contributed by atoms with Crippen LogP contribution in [0.15, 0.2) is 132 Å². The first-order valence-electron chi connectivity index (χ1n) is 13.3. The van der Waals surface area contributed by atoms with Crippen LogP contribution < -0.4 is 9.75 Å². The Kier molecular flexibility index (Phi) is 7.05. The van der Waals surface area contributed by atoms with Crippen molar-refractivity contribution < 1.29 is 9.53 Å². The molecule has 0 N–H and O–H groups in total. The van der Waals surface area contributed by atoms with Gasteiger partial charge in [0, 0.05) is 22.9 Å².